The standard InChI is InChI=1S/C22H22N4O2S2/c1-4-10-26-19(24-13-15-8-6-5-7-9-15)16(14(2)17(12-23)20(26)27)11-18-21(28)25(3)22(29)30-18/h5-9,11,24H,4,10,13H2,1-3H3/b18-11+. The third-order valence-corrected chi connectivity index (χ3v) is 6.37. The molecule has 0 saturated carbocycles. The Labute approximate surface area is 185 Å². The molecule has 154 valence electrons. The minimum Gasteiger partial charge on any atom is -0.367 e. The number of nitrogens with one attached hydrogen (secondary N) is 1. The van der Waals surface area contributed by atoms with E-state index < -0.39 is 0 Å². The quantitative estimate of drug-likeness (QED) is 0.545. The topological polar surface area (TPSA) is 78.1 Å². The summed E-state index contributed by atoms with van der Waals surface area (Å²) < 4.78 is 2.07. The van der Waals surface area contributed by atoms with Gasteiger partial charge in [0.25, 0.3) is 11.5 Å². The number of rotatable bonds is 6. The first kappa shape index (κ1) is 21.8. The van der Waals surface area contributed by atoms with E-state index in [1.807, 2.05) is 43.3 Å². The lowest BCUT2D eigenvalue weighted by Crippen LogP contribution is -2.28. The van der Waals surface area contributed by atoms with Crippen molar-refractivity contribution in [2.75, 3.05) is 12.4 Å². The molecule has 1 amide bonds. The third kappa shape index (κ3) is 4.18. The van der Waals surface area contributed by atoms with Crippen molar-refractivity contribution in [3.05, 3.63) is 67.8 Å². The number of likely N-dealkylation sites (N-methyl/N-ethyl adjacent to an activating group) is 1. The summed E-state index contributed by atoms with van der Waals surface area (Å²) in [6.45, 7) is 4.68. The molecule has 0 unspecified atom stereocenters. The van der Waals surface area contributed by atoms with Crippen molar-refractivity contribution in [2.24, 2.45) is 0 Å². The zero-order chi connectivity index (χ0) is 21.8. The van der Waals surface area contributed by atoms with Gasteiger partial charge in [-0.3, -0.25) is 19.1 Å². The molecular formula is C22H22N4O2S2. The molecule has 0 radical (unpaired) electrons. The van der Waals surface area contributed by atoms with Gasteiger partial charge >= 0.3 is 0 Å². The fourth-order valence-corrected chi connectivity index (χ4v) is 4.41. The molecule has 1 fully saturated rings. The van der Waals surface area contributed by atoms with Gasteiger partial charge in [-0.25, -0.2) is 0 Å². The van der Waals surface area contributed by atoms with Crippen molar-refractivity contribution in [3.63, 3.8) is 0 Å². The van der Waals surface area contributed by atoms with Crippen LogP contribution in [0.15, 0.2) is 40.0 Å². The molecule has 2 aromatic rings. The van der Waals surface area contributed by atoms with Crippen LogP contribution in [0.3, 0.4) is 0 Å². The molecule has 0 spiro atoms. The van der Waals surface area contributed by atoms with Crippen LogP contribution in [0.4, 0.5) is 5.82 Å². The minimum absolute atomic E-state index is 0.0898. The number of anilines is 1. The van der Waals surface area contributed by atoms with Crippen molar-refractivity contribution in [2.45, 2.75) is 33.4 Å². The smallest absolute Gasteiger partial charge is 0.270 e. The summed E-state index contributed by atoms with van der Waals surface area (Å²) in [7, 11) is 1.64. The van der Waals surface area contributed by atoms with E-state index in [0.29, 0.717) is 39.3 Å². The molecule has 1 aromatic heterocycles. The molecule has 6 nitrogen and oxygen atoms in total. The van der Waals surface area contributed by atoms with Gasteiger partial charge in [-0.1, -0.05) is 61.2 Å². The second kappa shape index (κ2) is 9.28. The average molecular weight is 439 g/mol. The van der Waals surface area contributed by atoms with Crippen molar-refractivity contribution < 1.29 is 4.79 Å². The van der Waals surface area contributed by atoms with Crippen LogP contribution < -0.4 is 10.9 Å². The molecule has 3 rings (SSSR count). The lowest BCUT2D eigenvalue weighted by Gasteiger charge is -2.20. The number of hydrogen-bond acceptors (Lipinski definition) is 6. The van der Waals surface area contributed by atoms with Crippen LogP contribution in [-0.4, -0.2) is 26.7 Å². The van der Waals surface area contributed by atoms with E-state index in [2.05, 4.69) is 5.32 Å². The van der Waals surface area contributed by atoms with Gasteiger partial charge in [-0.2, -0.15) is 5.26 Å². The van der Waals surface area contributed by atoms with Crippen LogP contribution in [0.25, 0.3) is 6.08 Å². The Bertz CT molecular complexity index is 1130. The van der Waals surface area contributed by atoms with Crippen molar-refractivity contribution >= 4 is 46.1 Å². The zero-order valence-electron chi connectivity index (χ0n) is 17.1. The van der Waals surface area contributed by atoms with E-state index in [9.17, 15) is 14.9 Å². The first-order valence-corrected chi connectivity index (χ1v) is 10.8. The number of thiocarbonyl (C=S) groups is 1. The largest absolute Gasteiger partial charge is 0.367 e. The number of thioether (sulfide) groups is 1. The van der Waals surface area contributed by atoms with Gasteiger partial charge < -0.3 is 5.32 Å². The number of carbonyl (C=O) groups excluding carboxylic acids is 1. The molecule has 0 aliphatic carbocycles. The Balaban J connectivity index is 2.19. The number of amides is 1. The Morgan fingerprint density at radius 1 is 1.27 bits per heavy atom. The Morgan fingerprint density at radius 2 is 1.97 bits per heavy atom. The fourth-order valence-electron chi connectivity index (χ4n) is 3.25. The summed E-state index contributed by atoms with van der Waals surface area (Å²) in [5, 5.41) is 13.0. The highest BCUT2D eigenvalue weighted by Gasteiger charge is 2.30. The number of pyridine rings is 1. The van der Waals surface area contributed by atoms with Crippen LogP contribution >= 0.6 is 24.0 Å². The molecule has 2 heterocycles. The first-order valence-electron chi connectivity index (χ1n) is 9.55. The SMILES string of the molecule is CCCn1c(NCc2ccccc2)c(/C=C2/SC(=S)N(C)C2=O)c(C)c(C#N)c1=O. The fraction of sp³-hybridized carbons (Fsp3) is 0.273. The van der Waals surface area contributed by atoms with E-state index in [-0.39, 0.29) is 17.0 Å². The van der Waals surface area contributed by atoms with Gasteiger partial charge in [0.2, 0.25) is 0 Å². The molecule has 1 aliphatic rings. The molecule has 1 aliphatic heterocycles. The maximum Gasteiger partial charge on any atom is 0.270 e. The number of aromatic nitrogens is 1. The van der Waals surface area contributed by atoms with Crippen molar-refractivity contribution in [1.82, 2.24) is 9.47 Å². The highest BCUT2D eigenvalue weighted by atomic mass is 32.2. The van der Waals surface area contributed by atoms with Gasteiger partial charge in [0.05, 0.1) is 4.91 Å². The molecule has 8 heteroatoms. The minimum atomic E-state index is -0.326. The first-order chi connectivity index (χ1) is 14.4. The molecule has 30 heavy (non-hydrogen) atoms. The summed E-state index contributed by atoms with van der Waals surface area (Å²) in [6, 6.07) is 11.9. The van der Waals surface area contributed by atoms with E-state index in [1.165, 1.54) is 16.7 Å². The summed E-state index contributed by atoms with van der Waals surface area (Å²) >= 11 is 6.45. The second-order valence-electron chi connectivity index (χ2n) is 6.91. The predicted octanol–water partition coefficient (Wildman–Crippen LogP) is 3.88. The molecule has 0 atom stereocenters. The van der Waals surface area contributed by atoms with Gasteiger partial charge in [0, 0.05) is 25.7 Å². The van der Waals surface area contributed by atoms with Crippen LogP contribution in [0, 0.1) is 18.3 Å². The maximum atomic E-state index is 13.0. The number of nitrogens with zero attached hydrogens (tertiary/aromatic N) is 3. The van der Waals surface area contributed by atoms with Gasteiger partial charge in [0.15, 0.2) is 0 Å². The van der Waals surface area contributed by atoms with Crippen LogP contribution in [0.1, 0.15) is 35.6 Å². The van der Waals surface area contributed by atoms with Crippen LogP contribution in [-0.2, 0) is 17.9 Å². The van der Waals surface area contributed by atoms with E-state index in [1.54, 1.807) is 24.6 Å². The highest BCUT2D eigenvalue weighted by molar-refractivity contribution is 8.26. The van der Waals surface area contributed by atoms with E-state index in [4.69, 9.17) is 12.2 Å². The summed E-state index contributed by atoms with van der Waals surface area (Å²) in [4.78, 5) is 27.4. The molecule has 1 saturated heterocycles. The van der Waals surface area contributed by atoms with E-state index in [0.717, 1.165) is 12.0 Å². The van der Waals surface area contributed by atoms with Gasteiger partial charge in [-0.15, -0.1) is 0 Å². The lowest BCUT2D eigenvalue weighted by atomic mass is 10.0. The molecule has 0 bridgehead atoms. The Kier molecular flexibility index (Phi) is 6.75. The Hall–Kier alpha value is -2.89. The predicted molar refractivity (Wildman–Crippen MR) is 125 cm³/mol. The maximum absolute atomic E-state index is 13.0. The van der Waals surface area contributed by atoms with Crippen molar-refractivity contribution in [3.8, 4) is 6.07 Å². The summed E-state index contributed by atoms with van der Waals surface area (Å²) in [6.07, 6.45) is 2.46. The van der Waals surface area contributed by atoms with Crippen molar-refractivity contribution in [1.29, 1.82) is 5.26 Å². The number of nitriles is 1. The highest BCUT2D eigenvalue weighted by Crippen LogP contribution is 2.34. The van der Waals surface area contributed by atoms with Crippen LogP contribution in [0.5, 0.6) is 0 Å². The lowest BCUT2D eigenvalue weighted by molar-refractivity contribution is -0.121. The van der Waals surface area contributed by atoms with Gasteiger partial charge in [-0.05, 0) is 30.5 Å². The molecule has 1 N–H and O–H groups in total. The monoisotopic (exact) mass is 438 g/mol. The molecular weight excluding hydrogens is 416 g/mol. The molecule has 1 aromatic carbocycles. The number of benzene rings is 1. The average Bonchev–Trinajstić information content (AvgIpc) is 2.98. The van der Waals surface area contributed by atoms with Crippen LogP contribution in [0.2, 0.25) is 0 Å². The zero-order valence-corrected chi connectivity index (χ0v) is 18.7. The number of hydrogen-bond donors (Lipinski definition) is 1. The van der Waals surface area contributed by atoms with Gasteiger partial charge in [0.1, 0.15) is 21.8 Å². The third-order valence-electron chi connectivity index (χ3n) is 4.89. The second-order valence-corrected chi connectivity index (χ2v) is 8.59. The summed E-state index contributed by atoms with van der Waals surface area (Å²) in [5.41, 5.74) is 2.02. The normalized spacial score (nSPS) is 15.0. The Morgan fingerprint density at radius 3 is 2.53 bits per heavy atom. The van der Waals surface area contributed by atoms with E-state index >= 15 is 0 Å². The number of carbonyl (C=O) groups is 1. The summed E-state index contributed by atoms with van der Waals surface area (Å²) in [5.74, 6) is 0.411.